The van der Waals surface area contributed by atoms with E-state index < -0.39 is 20.6 Å². The second-order valence-electron chi connectivity index (χ2n) is 5.72. The smallest absolute Gasteiger partial charge is 0.293 e. The molecule has 25 heavy (non-hydrogen) atoms. The number of rotatable bonds is 4. The zero-order chi connectivity index (χ0) is 18.2. The number of fused-ring (bicyclic) bond motifs is 1. The van der Waals surface area contributed by atoms with Crippen LogP contribution in [-0.2, 0) is 16.4 Å². The first-order valence-electron chi connectivity index (χ1n) is 7.53. The number of methoxy groups -OCH3 is 1. The highest BCUT2D eigenvalue weighted by molar-refractivity contribution is 7.93. The van der Waals surface area contributed by atoms with Crippen molar-refractivity contribution in [3.05, 3.63) is 58.1 Å². The third-order valence-corrected chi connectivity index (χ3v) is 5.90. The lowest BCUT2D eigenvalue weighted by Crippen LogP contribution is -2.46. The van der Waals surface area contributed by atoms with Gasteiger partial charge in [-0.3, -0.25) is 14.4 Å². The Morgan fingerprint density at radius 3 is 2.68 bits per heavy atom. The van der Waals surface area contributed by atoms with E-state index in [0.717, 1.165) is 15.9 Å². The zero-order valence-corrected chi connectivity index (χ0v) is 14.3. The highest BCUT2D eigenvalue weighted by Gasteiger charge is 2.36. The van der Waals surface area contributed by atoms with Crippen LogP contribution in [0.25, 0.3) is 0 Å². The lowest BCUT2D eigenvalue weighted by Gasteiger charge is -2.33. The lowest BCUT2D eigenvalue weighted by molar-refractivity contribution is -0.387. The number of anilines is 1. The lowest BCUT2D eigenvalue weighted by atomic mass is 10.0. The van der Waals surface area contributed by atoms with Gasteiger partial charge >= 0.3 is 0 Å². The van der Waals surface area contributed by atoms with E-state index in [-0.39, 0.29) is 23.2 Å². The fourth-order valence-electron chi connectivity index (χ4n) is 2.92. The summed E-state index contributed by atoms with van der Waals surface area (Å²) in [5.41, 5.74) is 6.75. The molecular weight excluding hydrogens is 346 g/mol. The number of sulfonamides is 1. The molecule has 2 N–H and O–H groups in total. The molecule has 0 bridgehead atoms. The van der Waals surface area contributed by atoms with Crippen molar-refractivity contribution >= 4 is 21.4 Å². The van der Waals surface area contributed by atoms with Crippen molar-refractivity contribution in [2.45, 2.75) is 17.4 Å². The molecule has 2 aromatic carbocycles. The predicted molar refractivity (Wildman–Crippen MR) is 92.3 cm³/mol. The number of hydrogen-bond acceptors (Lipinski definition) is 6. The van der Waals surface area contributed by atoms with Crippen LogP contribution in [0.2, 0.25) is 0 Å². The Bertz CT molecular complexity index is 929. The average Bonchev–Trinajstić information content (AvgIpc) is 2.60. The highest BCUT2D eigenvalue weighted by Crippen LogP contribution is 2.35. The second kappa shape index (κ2) is 6.34. The fraction of sp³-hybridized carbons (Fsp3) is 0.250. The number of nitro benzene ring substituents is 1. The van der Waals surface area contributed by atoms with E-state index >= 15 is 0 Å². The van der Waals surface area contributed by atoms with E-state index in [9.17, 15) is 18.5 Å². The molecule has 1 aliphatic heterocycles. The van der Waals surface area contributed by atoms with E-state index in [4.69, 9.17) is 10.5 Å². The molecule has 0 radical (unpaired) electrons. The van der Waals surface area contributed by atoms with Gasteiger partial charge in [-0.05, 0) is 30.2 Å². The molecule has 0 spiro atoms. The minimum absolute atomic E-state index is 0.0581. The molecule has 1 unspecified atom stereocenters. The first-order chi connectivity index (χ1) is 11.8. The predicted octanol–water partition coefficient (Wildman–Crippen LogP) is 1.68. The van der Waals surface area contributed by atoms with Gasteiger partial charge in [0.15, 0.2) is 4.90 Å². The molecule has 2 aromatic rings. The summed E-state index contributed by atoms with van der Waals surface area (Å²) in [6.45, 7) is 0.0581. The Morgan fingerprint density at radius 2 is 2.00 bits per heavy atom. The van der Waals surface area contributed by atoms with Crippen molar-refractivity contribution in [2.24, 2.45) is 5.73 Å². The molecule has 0 aliphatic carbocycles. The summed E-state index contributed by atoms with van der Waals surface area (Å²) in [6.07, 6.45) is 0.549. The van der Waals surface area contributed by atoms with Crippen molar-refractivity contribution in [2.75, 3.05) is 18.0 Å². The van der Waals surface area contributed by atoms with Crippen LogP contribution in [0.5, 0.6) is 5.75 Å². The largest absolute Gasteiger partial charge is 0.497 e. The van der Waals surface area contributed by atoms with Crippen LogP contribution < -0.4 is 14.8 Å². The Kier molecular flexibility index (Phi) is 4.36. The summed E-state index contributed by atoms with van der Waals surface area (Å²) >= 11 is 0. The zero-order valence-electron chi connectivity index (χ0n) is 13.5. The number of para-hydroxylation sites is 1. The number of nitrogens with zero attached hydrogens (tertiary/aromatic N) is 2. The van der Waals surface area contributed by atoms with Crippen molar-refractivity contribution in [3.8, 4) is 5.75 Å². The van der Waals surface area contributed by atoms with Crippen molar-refractivity contribution in [1.82, 2.24) is 0 Å². The Labute approximate surface area is 145 Å². The van der Waals surface area contributed by atoms with Gasteiger partial charge in [-0.1, -0.05) is 18.2 Å². The molecule has 3 rings (SSSR count). The first kappa shape index (κ1) is 17.2. The maximum Gasteiger partial charge on any atom is 0.293 e. The van der Waals surface area contributed by atoms with Gasteiger partial charge in [-0.2, -0.15) is 0 Å². The quantitative estimate of drug-likeness (QED) is 0.653. The SMILES string of the molecule is COc1ccc(S(=O)(=O)N2CC(N)Cc3ccccc32)c([N+](=O)[O-])c1. The molecule has 1 heterocycles. The third kappa shape index (κ3) is 3.03. The van der Waals surface area contributed by atoms with Gasteiger partial charge in [0.05, 0.1) is 23.8 Å². The summed E-state index contributed by atoms with van der Waals surface area (Å²) in [5, 5.41) is 11.4. The summed E-state index contributed by atoms with van der Waals surface area (Å²) in [5.74, 6) is 0.210. The minimum atomic E-state index is -4.15. The van der Waals surface area contributed by atoms with Crippen LogP contribution in [0, 0.1) is 10.1 Å². The first-order valence-corrected chi connectivity index (χ1v) is 8.97. The van der Waals surface area contributed by atoms with Crippen molar-refractivity contribution in [3.63, 3.8) is 0 Å². The molecule has 8 nitrogen and oxygen atoms in total. The molecule has 0 aromatic heterocycles. The second-order valence-corrected chi connectivity index (χ2v) is 7.55. The summed E-state index contributed by atoms with van der Waals surface area (Å²) in [7, 11) is -2.80. The van der Waals surface area contributed by atoms with Gasteiger partial charge in [0, 0.05) is 12.6 Å². The highest BCUT2D eigenvalue weighted by atomic mass is 32.2. The molecule has 0 saturated carbocycles. The van der Waals surface area contributed by atoms with Gasteiger partial charge in [-0.15, -0.1) is 0 Å². The van der Waals surface area contributed by atoms with Crippen molar-refractivity contribution < 1.29 is 18.1 Å². The van der Waals surface area contributed by atoms with Gasteiger partial charge in [0.2, 0.25) is 0 Å². The van der Waals surface area contributed by atoms with E-state index in [2.05, 4.69) is 0 Å². The third-order valence-electron chi connectivity index (χ3n) is 4.07. The van der Waals surface area contributed by atoms with Crippen molar-refractivity contribution in [1.29, 1.82) is 0 Å². The molecular formula is C16H17N3O5S. The van der Waals surface area contributed by atoms with E-state index in [1.807, 2.05) is 0 Å². The number of hydrogen-bond donors (Lipinski definition) is 1. The van der Waals surface area contributed by atoms with E-state index in [1.54, 1.807) is 24.3 Å². The molecule has 0 amide bonds. The molecule has 0 saturated heterocycles. The normalized spacial score (nSPS) is 17.0. The van der Waals surface area contributed by atoms with Crippen LogP contribution in [-0.4, -0.2) is 33.0 Å². The molecule has 132 valence electrons. The average molecular weight is 363 g/mol. The topological polar surface area (TPSA) is 116 Å². The maximum absolute atomic E-state index is 13.1. The number of ether oxygens (including phenoxy) is 1. The van der Waals surface area contributed by atoms with Gasteiger partial charge in [-0.25, -0.2) is 8.42 Å². The van der Waals surface area contributed by atoms with Gasteiger partial charge in [0.1, 0.15) is 5.75 Å². The van der Waals surface area contributed by atoms with Gasteiger partial charge in [0.25, 0.3) is 15.7 Å². The molecule has 1 atom stereocenters. The number of nitro groups is 1. The monoisotopic (exact) mass is 363 g/mol. The Hall–Kier alpha value is -2.65. The summed E-state index contributed by atoms with van der Waals surface area (Å²) in [4.78, 5) is 10.3. The summed E-state index contributed by atoms with van der Waals surface area (Å²) < 4.78 is 32.4. The number of nitrogens with two attached hydrogens (primary N) is 1. The Balaban J connectivity index is 2.16. The molecule has 9 heteroatoms. The maximum atomic E-state index is 13.1. The number of benzene rings is 2. The van der Waals surface area contributed by atoms with Crippen LogP contribution in [0.4, 0.5) is 11.4 Å². The minimum Gasteiger partial charge on any atom is -0.497 e. The van der Waals surface area contributed by atoms with E-state index in [1.165, 1.54) is 19.2 Å². The van der Waals surface area contributed by atoms with Crippen LogP contribution >= 0.6 is 0 Å². The van der Waals surface area contributed by atoms with E-state index in [0.29, 0.717) is 12.1 Å². The van der Waals surface area contributed by atoms with Crippen LogP contribution in [0.3, 0.4) is 0 Å². The molecule has 0 fully saturated rings. The standard InChI is InChI=1S/C16H17N3O5S/c1-24-13-6-7-16(15(9-13)19(20)21)25(22,23)18-10-12(17)8-11-4-2-3-5-14(11)18/h2-7,9,12H,8,10,17H2,1H3. The molecule has 1 aliphatic rings. The Morgan fingerprint density at radius 1 is 1.28 bits per heavy atom. The van der Waals surface area contributed by atoms with Gasteiger partial charge < -0.3 is 10.5 Å². The van der Waals surface area contributed by atoms with Crippen LogP contribution in [0.15, 0.2) is 47.4 Å². The fourth-order valence-corrected chi connectivity index (χ4v) is 4.62. The van der Waals surface area contributed by atoms with Crippen LogP contribution in [0.1, 0.15) is 5.56 Å². The summed E-state index contributed by atoms with van der Waals surface area (Å²) in [6, 6.07) is 10.3.